The molecule has 0 spiro atoms. The lowest BCUT2D eigenvalue weighted by molar-refractivity contribution is -0.124. The van der Waals surface area contributed by atoms with Crippen LogP contribution in [-0.4, -0.2) is 28.3 Å². The number of halogens is 1. The fourth-order valence-corrected chi connectivity index (χ4v) is 2.45. The third-order valence-electron chi connectivity index (χ3n) is 3.92. The number of aromatic nitrogens is 2. The van der Waals surface area contributed by atoms with Crippen LogP contribution in [0.4, 0.5) is 4.39 Å². The molecule has 0 saturated carbocycles. The summed E-state index contributed by atoms with van der Waals surface area (Å²) in [5, 5.41) is 6.81. The van der Waals surface area contributed by atoms with Crippen molar-refractivity contribution in [3.63, 3.8) is 0 Å². The third-order valence-corrected chi connectivity index (χ3v) is 3.92. The van der Waals surface area contributed by atoms with Crippen LogP contribution < -0.4 is 5.32 Å². The number of ether oxygens (including phenoxy) is 1. The lowest BCUT2D eigenvalue weighted by Gasteiger charge is -2.08. The SMILES string of the molecule is Cc1ccnn1-c1ccc(C(=O)OCC(=O)NCc2ccc(F)cc2)cc1. The molecule has 0 aliphatic heterocycles. The number of amides is 1. The summed E-state index contributed by atoms with van der Waals surface area (Å²) in [7, 11) is 0. The van der Waals surface area contributed by atoms with Gasteiger partial charge in [0.15, 0.2) is 6.61 Å². The molecular formula is C20H18FN3O3. The van der Waals surface area contributed by atoms with E-state index in [0.29, 0.717) is 5.56 Å². The molecule has 6 nitrogen and oxygen atoms in total. The maximum absolute atomic E-state index is 12.8. The second-order valence-electron chi connectivity index (χ2n) is 5.91. The first-order valence-corrected chi connectivity index (χ1v) is 8.32. The monoisotopic (exact) mass is 367 g/mol. The summed E-state index contributed by atoms with van der Waals surface area (Å²) in [6.45, 7) is 1.77. The summed E-state index contributed by atoms with van der Waals surface area (Å²) >= 11 is 0. The highest BCUT2D eigenvalue weighted by atomic mass is 19.1. The fourth-order valence-electron chi connectivity index (χ4n) is 2.45. The van der Waals surface area contributed by atoms with Crippen molar-refractivity contribution >= 4 is 11.9 Å². The van der Waals surface area contributed by atoms with Gasteiger partial charge in [0.05, 0.1) is 11.3 Å². The van der Waals surface area contributed by atoms with Crippen LogP contribution in [-0.2, 0) is 16.1 Å². The first kappa shape index (κ1) is 18.3. The second-order valence-corrected chi connectivity index (χ2v) is 5.91. The molecule has 27 heavy (non-hydrogen) atoms. The number of nitrogens with zero attached hydrogens (tertiary/aromatic N) is 2. The summed E-state index contributed by atoms with van der Waals surface area (Å²) in [4.78, 5) is 23.9. The third kappa shape index (κ3) is 4.78. The highest BCUT2D eigenvalue weighted by molar-refractivity contribution is 5.91. The van der Waals surface area contributed by atoms with Gasteiger partial charge in [0.25, 0.3) is 5.91 Å². The van der Waals surface area contributed by atoms with E-state index in [1.54, 1.807) is 47.3 Å². The van der Waals surface area contributed by atoms with E-state index in [4.69, 9.17) is 4.74 Å². The first-order chi connectivity index (χ1) is 13.0. The molecule has 0 radical (unpaired) electrons. The van der Waals surface area contributed by atoms with Crippen LogP contribution in [0.2, 0.25) is 0 Å². The Bertz CT molecular complexity index is 934. The van der Waals surface area contributed by atoms with Gasteiger partial charge in [0.2, 0.25) is 0 Å². The van der Waals surface area contributed by atoms with Crippen molar-refractivity contribution in [1.29, 1.82) is 0 Å². The molecule has 0 aliphatic carbocycles. The molecule has 1 aromatic heterocycles. The van der Waals surface area contributed by atoms with Gasteiger partial charge in [0.1, 0.15) is 5.82 Å². The Kier molecular flexibility index (Phi) is 5.61. The normalized spacial score (nSPS) is 10.4. The molecule has 3 rings (SSSR count). The van der Waals surface area contributed by atoms with E-state index in [0.717, 1.165) is 16.9 Å². The van der Waals surface area contributed by atoms with Crippen LogP contribution in [0.1, 0.15) is 21.6 Å². The van der Waals surface area contributed by atoms with Crippen molar-refractivity contribution in [1.82, 2.24) is 15.1 Å². The zero-order chi connectivity index (χ0) is 19.2. The number of aryl methyl sites for hydroxylation is 1. The molecular weight excluding hydrogens is 349 g/mol. The molecule has 7 heteroatoms. The molecule has 0 saturated heterocycles. The van der Waals surface area contributed by atoms with Crippen molar-refractivity contribution in [3.05, 3.63) is 83.4 Å². The maximum Gasteiger partial charge on any atom is 0.338 e. The van der Waals surface area contributed by atoms with E-state index in [-0.39, 0.29) is 19.0 Å². The van der Waals surface area contributed by atoms with Crippen molar-refractivity contribution in [2.45, 2.75) is 13.5 Å². The van der Waals surface area contributed by atoms with Crippen molar-refractivity contribution < 1.29 is 18.7 Å². The minimum atomic E-state index is -0.587. The molecule has 0 unspecified atom stereocenters. The summed E-state index contributed by atoms with van der Waals surface area (Å²) < 4.78 is 19.6. The molecule has 0 aliphatic rings. The van der Waals surface area contributed by atoms with Gasteiger partial charge < -0.3 is 10.1 Å². The van der Waals surface area contributed by atoms with Crippen molar-refractivity contribution in [3.8, 4) is 5.69 Å². The molecule has 3 aromatic rings. The Morgan fingerprint density at radius 3 is 2.41 bits per heavy atom. The van der Waals surface area contributed by atoms with Gasteiger partial charge in [0, 0.05) is 18.4 Å². The van der Waals surface area contributed by atoms with Gasteiger partial charge in [-0.3, -0.25) is 4.79 Å². The quantitative estimate of drug-likeness (QED) is 0.680. The first-order valence-electron chi connectivity index (χ1n) is 8.32. The van der Waals surface area contributed by atoms with E-state index in [2.05, 4.69) is 10.4 Å². The zero-order valence-electron chi connectivity index (χ0n) is 14.7. The van der Waals surface area contributed by atoms with E-state index in [1.807, 2.05) is 13.0 Å². The van der Waals surface area contributed by atoms with Crippen LogP contribution in [0.5, 0.6) is 0 Å². The predicted molar refractivity (Wildman–Crippen MR) is 96.8 cm³/mol. The van der Waals surface area contributed by atoms with Crippen LogP contribution in [0.25, 0.3) is 5.69 Å². The van der Waals surface area contributed by atoms with Gasteiger partial charge in [-0.1, -0.05) is 12.1 Å². The summed E-state index contributed by atoms with van der Waals surface area (Å²) in [6.07, 6.45) is 1.70. The summed E-state index contributed by atoms with van der Waals surface area (Å²) in [5.74, 6) is -1.36. The fraction of sp³-hybridized carbons (Fsp3) is 0.150. The topological polar surface area (TPSA) is 73.2 Å². The molecule has 0 atom stereocenters. The van der Waals surface area contributed by atoms with E-state index in [9.17, 15) is 14.0 Å². The minimum Gasteiger partial charge on any atom is -0.452 e. The number of esters is 1. The number of hydrogen-bond donors (Lipinski definition) is 1. The lowest BCUT2D eigenvalue weighted by Crippen LogP contribution is -2.28. The number of benzene rings is 2. The van der Waals surface area contributed by atoms with Gasteiger partial charge in [-0.2, -0.15) is 5.10 Å². The average Bonchev–Trinajstić information content (AvgIpc) is 3.11. The Morgan fingerprint density at radius 1 is 1.07 bits per heavy atom. The van der Waals surface area contributed by atoms with Gasteiger partial charge in [-0.25, -0.2) is 13.9 Å². The predicted octanol–water partition coefficient (Wildman–Crippen LogP) is 2.79. The van der Waals surface area contributed by atoms with E-state index in [1.165, 1.54) is 12.1 Å². The molecule has 1 heterocycles. The van der Waals surface area contributed by atoms with E-state index >= 15 is 0 Å². The maximum atomic E-state index is 12.8. The van der Waals surface area contributed by atoms with Gasteiger partial charge in [-0.05, 0) is 55.0 Å². The Morgan fingerprint density at radius 2 is 1.78 bits per heavy atom. The number of rotatable bonds is 6. The zero-order valence-corrected chi connectivity index (χ0v) is 14.7. The smallest absolute Gasteiger partial charge is 0.338 e. The number of nitrogens with one attached hydrogen (secondary N) is 1. The molecule has 138 valence electrons. The molecule has 1 amide bonds. The minimum absolute atomic E-state index is 0.231. The number of hydrogen-bond acceptors (Lipinski definition) is 4. The van der Waals surface area contributed by atoms with Gasteiger partial charge >= 0.3 is 5.97 Å². The molecule has 1 N–H and O–H groups in total. The average molecular weight is 367 g/mol. The van der Waals surface area contributed by atoms with Crippen LogP contribution in [0.3, 0.4) is 0 Å². The highest BCUT2D eigenvalue weighted by Crippen LogP contribution is 2.12. The largest absolute Gasteiger partial charge is 0.452 e. The lowest BCUT2D eigenvalue weighted by atomic mass is 10.2. The Balaban J connectivity index is 1.49. The Labute approximate surface area is 155 Å². The summed E-state index contributed by atoms with van der Waals surface area (Å²) in [6, 6.07) is 14.4. The Hall–Kier alpha value is -3.48. The van der Waals surface area contributed by atoms with Crippen LogP contribution in [0, 0.1) is 12.7 Å². The van der Waals surface area contributed by atoms with Crippen LogP contribution in [0.15, 0.2) is 60.8 Å². The van der Waals surface area contributed by atoms with E-state index < -0.39 is 11.9 Å². The van der Waals surface area contributed by atoms with Crippen molar-refractivity contribution in [2.24, 2.45) is 0 Å². The summed E-state index contributed by atoms with van der Waals surface area (Å²) in [5.41, 5.74) is 2.89. The van der Waals surface area contributed by atoms with Crippen molar-refractivity contribution in [2.75, 3.05) is 6.61 Å². The molecule has 2 aromatic carbocycles. The second kappa shape index (κ2) is 8.27. The molecule has 0 bridgehead atoms. The number of carbonyl (C=O) groups excluding carboxylic acids is 2. The molecule has 0 fully saturated rings. The van der Waals surface area contributed by atoms with Gasteiger partial charge in [-0.15, -0.1) is 0 Å². The highest BCUT2D eigenvalue weighted by Gasteiger charge is 2.11. The van der Waals surface area contributed by atoms with Crippen LogP contribution >= 0.6 is 0 Å². The standard InChI is InChI=1S/C20H18FN3O3/c1-14-10-11-23-24(14)18-8-4-16(5-9-18)20(26)27-13-19(25)22-12-15-2-6-17(21)7-3-15/h2-11H,12-13H2,1H3,(H,22,25). The number of carbonyl (C=O) groups is 2.